The van der Waals surface area contributed by atoms with Gasteiger partial charge in [0, 0.05) is 12.0 Å². The Kier molecular flexibility index (Phi) is 2.99. The zero-order chi connectivity index (χ0) is 11.8. The second kappa shape index (κ2) is 4.02. The molecule has 1 atom stereocenters. The fraction of sp³-hybridized carbons (Fsp3) is 0.923. The second-order valence-electron chi connectivity index (χ2n) is 6.22. The Morgan fingerprint density at radius 3 is 2.38 bits per heavy atom. The van der Waals surface area contributed by atoms with Crippen molar-refractivity contribution in [2.75, 3.05) is 6.61 Å². The smallest absolute Gasteiger partial charge is 0.225 e. The quantitative estimate of drug-likeness (QED) is 0.782. The fourth-order valence-corrected chi connectivity index (χ4v) is 2.51. The van der Waals surface area contributed by atoms with Crippen LogP contribution in [0.5, 0.6) is 0 Å². The molecule has 1 heterocycles. The van der Waals surface area contributed by atoms with Gasteiger partial charge < -0.3 is 10.1 Å². The van der Waals surface area contributed by atoms with Gasteiger partial charge in [-0.3, -0.25) is 4.79 Å². The van der Waals surface area contributed by atoms with Crippen LogP contribution in [0.15, 0.2) is 0 Å². The minimum absolute atomic E-state index is 0.0408. The molecule has 1 aliphatic carbocycles. The van der Waals surface area contributed by atoms with Crippen molar-refractivity contribution in [2.24, 2.45) is 5.41 Å². The molecule has 0 aromatic heterocycles. The first kappa shape index (κ1) is 11.9. The summed E-state index contributed by atoms with van der Waals surface area (Å²) in [7, 11) is 0. The second-order valence-corrected chi connectivity index (χ2v) is 6.22. The van der Waals surface area contributed by atoms with Gasteiger partial charge in [0.25, 0.3) is 0 Å². The van der Waals surface area contributed by atoms with Gasteiger partial charge in [-0.1, -0.05) is 20.8 Å². The predicted octanol–water partition coefficient (Wildman–Crippen LogP) is 2.25. The van der Waals surface area contributed by atoms with Gasteiger partial charge in [-0.25, -0.2) is 0 Å². The van der Waals surface area contributed by atoms with Crippen LogP contribution >= 0.6 is 0 Å². The highest BCUT2D eigenvalue weighted by Crippen LogP contribution is 2.40. The molecule has 0 aromatic rings. The van der Waals surface area contributed by atoms with E-state index in [1.165, 1.54) is 6.42 Å². The van der Waals surface area contributed by atoms with E-state index in [-0.39, 0.29) is 23.0 Å². The third kappa shape index (κ3) is 2.10. The molecule has 1 saturated carbocycles. The maximum absolute atomic E-state index is 12.1. The van der Waals surface area contributed by atoms with Gasteiger partial charge in [-0.15, -0.1) is 0 Å². The number of nitrogens with one attached hydrogen (secondary N) is 1. The van der Waals surface area contributed by atoms with Crippen molar-refractivity contribution in [3.63, 3.8) is 0 Å². The first-order chi connectivity index (χ1) is 7.44. The lowest BCUT2D eigenvalue weighted by atomic mass is 9.71. The van der Waals surface area contributed by atoms with E-state index in [1.807, 2.05) is 20.8 Å². The van der Waals surface area contributed by atoms with Crippen molar-refractivity contribution >= 4 is 5.91 Å². The largest absolute Gasteiger partial charge is 0.376 e. The van der Waals surface area contributed by atoms with Crippen molar-refractivity contribution in [2.45, 2.75) is 64.5 Å². The van der Waals surface area contributed by atoms with Crippen LogP contribution in [-0.2, 0) is 9.53 Å². The molecule has 0 radical (unpaired) electrons. The van der Waals surface area contributed by atoms with Crippen molar-refractivity contribution < 1.29 is 9.53 Å². The van der Waals surface area contributed by atoms with E-state index < -0.39 is 0 Å². The molecule has 0 bridgehead atoms. The van der Waals surface area contributed by atoms with Gasteiger partial charge in [0.05, 0.1) is 11.6 Å². The van der Waals surface area contributed by atoms with Gasteiger partial charge in [-0.2, -0.15) is 0 Å². The minimum atomic E-state index is -0.304. The molecule has 1 aliphatic heterocycles. The summed E-state index contributed by atoms with van der Waals surface area (Å²) in [6.45, 7) is 6.75. The molecule has 1 N–H and O–H groups in total. The third-order valence-electron chi connectivity index (χ3n) is 3.84. The van der Waals surface area contributed by atoms with Crippen molar-refractivity contribution in [3.05, 3.63) is 0 Å². The van der Waals surface area contributed by atoms with Crippen LogP contribution in [0.1, 0.15) is 52.9 Å². The number of hydrogen-bond donors (Lipinski definition) is 1. The van der Waals surface area contributed by atoms with Gasteiger partial charge in [0.2, 0.25) is 5.91 Å². The van der Waals surface area contributed by atoms with E-state index >= 15 is 0 Å². The number of rotatable bonds is 2. The van der Waals surface area contributed by atoms with E-state index in [2.05, 4.69) is 5.32 Å². The van der Waals surface area contributed by atoms with Crippen molar-refractivity contribution in [1.82, 2.24) is 5.32 Å². The predicted molar refractivity (Wildman–Crippen MR) is 63.2 cm³/mol. The van der Waals surface area contributed by atoms with E-state index in [4.69, 9.17) is 4.74 Å². The number of amides is 1. The lowest BCUT2D eigenvalue weighted by molar-refractivity contribution is -0.135. The summed E-state index contributed by atoms with van der Waals surface area (Å²) >= 11 is 0. The van der Waals surface area contributed by atoms with Gasteiger partial charge in [0.15, 0.2) is 0 Å². The van der Waals surface area contributed by atoms with Crippen LogP contribution < -0.4 is 5.32 Å². The highest BCUT2D eigenvalue weighted by molar-refractivity contribution is 5.82. The molecular formula is C13H23NO2. The number of hydrogen-bond acceptors (Lipinski definition) is 2. The molecule has 3 nitrogen and oxygen atoms in total. The van der Waals surface area contributed by atoms with E-state index in [9.17, 15) is 4.79 Å². The van der Waals surface area contributed by atoms with E-state index in [0.29, 0.717) is 0 Å². The Labute approximate surface area is 97.9 Å². The molecular weight excluding hydrogens is 202 g/mol. The molecule has 92 valence electrons. The number of carbonyl (C=O) groups excluding carboxylic acids is 1. The highest BCUT2D eigenvalue weighted by atomic mass is 16.5. The first-order valence-electron chi connectivity index (χ1n) is 6.38. The van der Waals surface area contributed by atoms with Crippen LogP contribution in [0.2, 0.25) is 0 Å². The number of carbonyl (C=O) groups is 1. The standard InChI is InChI=1S/C13H23NO2/c1-12(2,3)11(15)14-13(7-5-8-13)10-6-4-9-16-10/h10H,4-9H2,1-3H3,(H,14,15). The Morgan fingerprint density at radius 2 is 2.00 bits per heavy atom. The lowest BCUT2D eigenvalue weighted by Gasteiger charge is -2.47. The summed E-state index contributed by atoms with van der Waals surface area (Å²) in [4.78, 5) is 12.1. The summed E-state index contributed by atoms with van der Waals surface area (Å²) in [5.41, 5.74) is -0.345. The molecule has 2 rings (SSSR count). The summed E-state index contributed by atoms with van der Waals surface area (Å²) in [5, 5.41) is 3.25. The highest BCUT2D eigenvalue weighted by Gasteiger charge is 2.48. The normalized spacial score (nSPS) is 28.6. The first-order valence-corrected chi connectivity index (χ1v) is 6.38. The summed E-state index contributed by atoms with van der Waals surface area (Å²) in [5.74, 6) is 0.155. The lowest BCUT2D eigenvalue weighted by Crippen LogP contribution is -2.62. The van der Waals surface area contributed by atoms with Crippen LogP contribution in [0.3, 0.4) is 0 Å². The molecule has 2 aliphatic rings. The Hall–Kier alpha value is -0.570. The van der Waals surface area contributed by atoms with Gasteiger partial charge in [0.1, 0.15) is 0 Å². The Morgan fingerprint density at radius 1 is 1.31 bits per heavy atom. The summed E-state index contributed by atoms with van der Waals surface area (Å²) < 4.78 is 5.76. The zero-order valence-corrected chi connectivity index (χ0v) is 10.6. The van der Waals surface area contributed by atoms with Gasteiger partial charge in [-0.05, 0) is 32.1 Å². The van der Waals surface area contributed by atoms with E-state index in [0.717, 1.165) is 32.3 Å². The van der Waals surface area contributed by atoms with Crippen LogP contribution in [-0.4, -0.2) is 24.2 Å². The molecule has 1 amide bonds. The topological polar surface area (TPSA) is 38.3 Å². The minimum Gasteiger partial charge on any atom is -0.376 e. The van der Waals surface area contributed by atoms with Crippen LogP contribution in [0.25, 0.3) is 0 Å². The summed E-state index contributed by atoms with van der Waals surface area (Å²) in [6.07, 6.45) is 5.87. The van der Waals surface area contributed by atoms with E-state index in [1.54, 1.807) is 0 Å². The summed E-state index contributed by atoms with van der Waals surface area (Å²) in [6, 6.07) is 0. The van der Waals surface area contributed by atoms with Crippen molar-refractivity contribution in [3.8, 4) is 0 Å². The molecule has 16 heavy (non-hydrogen) atoms. The fourth-order valence-electron chi connectivity index (χ4n) is 2.51. The average Bonchev–Trinajstić information content (AvgIpc) is 2.61. The molecule has 0 aromatic carbocycles. The maximum Gasteiger partial charge on any atom is 0.225 e. The maximum atomic E-state index is 12.1. The molecule has 1 unspecified atom stereocenters. The Balaban J connectivity index is 2.02. The van der Waals surface area contributed by atoms with Gasteiger partial charge >= 0.3 is 0 Å². The molecule has 0 spiro atoms. The zero-order valence-electron chi connectivity index (χ0n) is 10.6. The monoisotopic (exact) mass is 225 g/mol. The Bertz CT molecular complexity index is 270. The number of ether oxygens (including phenoxy) is 1. The third-order valence-corrected chi connectivity index (χ3v) is 3.84. The molecule has 3 heteroatoms. The average molecular weight is 225 g/mol. The molecule has 1 saturated heterocycles. The van der Waals surface area contributed by atoms with Crippen LogP contribution in [0, 0.1) is 5.41 Å². The molecule has 2 fully saturated rings. The van der Waals surface area contributed by atoms with Crippen molar-refractivity contribution in [1.29, 1.82) is 0 Å². The van der Waals surface area contributed by atoms with Crippen LogP contribution in [0.4, 0.5) is 0 Å². The SMILES string of the molecule is CC(C)(C)C(=O)NC1(C2CCCO2)CCC1.